The number of rotatable bonds is 3. The Morgan fingerprint density at radius 2 is 2.20 bits per heavy atom. The molecule has 1 rings (SSSR count). The first-order chi connectivity index (χ1) is 6.90. The summed E-state index contributed by atoms with van der Waals surface area (Å²) in [6.07, 6.45) is -3.17. The van der Waals surface area contributed by atoms with Gasteiger partial charge in [0.15, 0.2) is 0 Å². The van der Waals surface area contributed by atoms with Gasteiger partial charge >= 0.3 is 6.18 Å². The Hall–Kier alpha value is -0.780. The van der Waals surface area contributed by atoms with Crippen LogP contribution < -0.4 is 10.6 Å². The van der Waals surface area contributed by atoms with Gasteiger partial charge in [0.1, 0.15) is 6.54 Å². The highest BCUT2D eigenvalue weighted by molar-refractivity contribution is 5.83. The summed E-state index contributed by atoms with van der Waals surface area (Å²) in [6.45, 7) is 1.73. The van der Waals surface area contributed by atoms with Crippen LogP contribution in [0.1, 0.15) is 19.8 Å². The van der Waals surface area contributed by atoms with Crippen molar-refractivity contribution in [3.8, 4) is 0 Å². The fourth-order valence-corrected chi connectivity index (χ4v) is 1.77. The molecule has 1 aliphatic rings. The van der Waals surface area contributed by atoms with Crippen LogP contribution in [-0.2, 0) is 4.79 Å². The predicted molar refractivity (Wildman–Crippen MR) is 49.3 cm³/mol. The minimum Gasteiger partial charge on any atom is -0.346 e. The van der Waals surface area contributed by atoms with Crippen molar-refractivity contribution in [3.05, 3.63) is 0 Å². The fraction of sp³-hybridized carbons (Fsp3) is 0.889. The molecule has 0 saturated carbocycles. The third-order valence-electron chi connectivity index (χ3n) is 2.85. The summed E-state index contributed by atoms with van der Waals surface area (Å²) in [6, 6.07) is 0. The van der Waals surface area contributed by atoms with Crippen molar-refractivity contribution in [1.29, 1.82) is 0 Å². The van der Waals surface area contributed by atoms with Crippen LogP contribution in [-0.4, -0.2) is 31.7 Å². The maximum absolute atomic E-state index is 11.9. The SMILES string of the molecule is CCC1(C(=O)NCC(F)(F)F)CCNC1. The van der Waals surface area contributed by atoms with E-state index in [1.54, 1.807) is 0 Å². The van der Waals surface area contributed by atoms with Gasteiger partial charge in [0.05, 0.1) is 5.41 Å². The van der Waals surface area contributed by atoms with Gasteiger partial charge < -0.3 is 10.6 Å². The first-order valence-electron chi connectivity index (χ1n) is 4.95. The second-order valence-electron chi connectivity index (χ2n) is 3.86. The molecule has 6 heteroatoms. The molecule has 1 unspecified atom stereocenters. The van der Waals surface area contributed by atoms with Crippen molar-refractivity contribution < 1.29 is 18.0 Å². The second kappa shape index (κ2) is 4.38. The lowest BCUT2D eigenvalue weighted by atomic mass is 9.83. The summed E-state index contributed by atoms with van der Waals surface area (Å²) >= 11 is 0. The monoisotopic (exact) mass is 224 g/mol. The summed E-state index contributed by atoms with van der Waals surface area (Å²) < 4.78 is 35.7. The largest absolute Gasteiger partial charge is 0.405 e. The molecule has 88 valence electrons. The highest BCUT2D eigenvalue weighted by Gasteiger charge is 2.40. The molecule has 1 fully saturated rings. The van der Waals surface area contributed by atoms with Crippen LogP contribution in [0.15, 0.2) is 0 Å². The minimum atomic E-state index is -4.34. The average molecular weight is 224 g/mol. The van der Waals surface area contributed by atoms with Gasteiger partial charge in [0, 0.05) is 6.54 Å². The molecule has 2 N–H and O–H groups in total. The highest BCUT2D eigenvalue weighted by Crippen LogP contribution is 2.29. The molecule has 0 radical (unpaired) electrons. The zero-order valence-electron chi connectivity index (χ0n) is 8.58. The van der Waals surface area contributed by atoms with Gasteiger partial charge in [-0.15, -0.1) is 0 Å². The standard InChI is InChI=1S/C9H15F3N2O/c1-2-8(3-4-13-5-8)7(15)14-6-9(10,11)12/h13H,2-6H2,1H3,(H,14,15). The molecule has 0 aliphatic carbocycles. The molecular weight excluding hydrogens is 209 g/mol. The van der Waals surface area contributed by atoms with E-state index in [1.807, 2.05) is 12.2 Å². The van der Waals surface area contributed by atoms with Crippen molar-refractivity contribution in [2.75, 3.05) is 19.6 Å². The number of hydrogen-bond acceptors (Lipinski definition) is 2. The molecule has 0 spiro atoms. The Bertz CT molecular complexity index is 234. The van der Waals surface area contributed by atoms with Crippen LogP contribution in [0.2, 0.25) is 0 Å². The number of nitrogens with one attached hydrogen (secondary N) is 2. The minimum absolute atomic E-state index is 0.465. The zero-order valence-corrected chi connectivity index (χ0v) is 8.58. The zero-order chi connectivity index (χ0) is 11.5. The van der Waals surface area contributed by atoms with Crippen LogP contribution in [0.25, 0.3) is 0 Å². The van der Waals surface area contributed by atoms with Crippen LogP contribution in [0.4, 0.5) is 13.2 Å². The molecule has 0 aromatic heterocycles. The molecule has 0 bridgehead atoms. The van der Waals surface area contributed by atoms with E-state index in [2.05, 4.69) is 5.32 Å². The van der Waals surface area contributed by atoms with Gasteiger partial charge in [-0.05, 0) is 19.4 Å². The fourth-order valence-electron chi connectivity index (χ4n) is 1.77. The third kappa shape index (κ3) is 3.09. The van der Waals surface area contributed by atoms with E-state index in [9.17, 15) is 18.0 Å². The van der Waals surface area contributed by atoms with Gasteiger partial charge in [-0.2, -0.15) is 13.2 Å². The van der Waals surface area contributed by atoms with Crippen LogP contribution in [0, 0.1) is 5.41 Å². The molecule has 1 atom stereocenters. The van der Waals surface area contributed by atoms with E-state index < -0.39 is 24.0 Å². The van der Waals surface area contributed by atoms with Gasteiger partial charge in [0.2, 0.25) is 5.91 Å². The van der Waals surface area contributed by atoms with Crippen molar-refractivity contribution >= 4 is 5.91 Å². The van der Waals surface area contributed by atoms with Crippen molar-refractivity contribution in [2.45, 2.75) is 25.9 Å². The van der Waals surface area contributed by atoms with Gasteiger partial charge in [-0.1, -0.05) is 6.92 Å². The summed E-state index contributed by atoms with van der Waals surface area (Å²) in [5.41, 5.74) is -0.648. The lowest BCUT2D eigenvalue weighted by molar-refractivity contribution is -0.144. The van der Waals surface area contributed by atoms with Gasteiger partial charge in [0.25, 0.3) is 0 Å². The quantitative estimate of drug-likeness (QED) is 0.752. The average Bonchev–Trinajstić information content (AvgIpc) is 2.62. The van der Waals surface area contributed by atoms with E-state index in [0.717, 1.165) is 0 Å². The van der Waals surface area contributed by atoms with Crippen molar-refractivity contribution in [1.82, 2.24) is 10.6 Å². The number of carbonyl (C=O) groups excluding carboxylic acids is 1. The molecule has 3 nitrogen and oxygen atoms in total. The van der Waals surface area contributed by atoms with E-state index in [0.29, 0.717) is 25.9 Å². The molecule has 1 amide bonds. The number of carbonyl (C=O) groups is 1. The Morgan fingerprint density at radius 1 is 1.53 bits per heavy atom. The number of hydrogen-bond donors (Lipinski definition) is 2. The second-order valence-corrected chi connectivity index (χ2v) is 3.86. The molecule has 1 heterocycles. The predicted octanol–water partition coefficient (Wildman–Crippen LogP) is 1.05. The van der Waals surface area contributed by atoms with Crippen LogP contribution >= 0.6 is 0 Å². The van der Waals surface area contributed by atoms with E-state index in [4.69, 9.17) is 0 Å². The third-order valence-corrected chi connectivity index (χ3v) is 2.85. The Morgan fingerprint density at radius 3 is 2.60 bits per heavy atom. The van der Waals surface area contributed by atoms with Crippen LogP contribution in [0.3, 0.4) is 0 Å². The Kier molecular flexibility index (Phi) is 3.59. The summed E-state index contributed by atoms with van der Waals surface area (Å²) in [7, 11) is 0. The maximum Gasteiger partial charge on any atom is 0.405 e. The first-order valence-corrected chi connectivity index (χ1v) is 4.95. The molecule has 1 aliphatic heterocycles. The first kappa shape index (κ1) is 12.3. The van der Waals surface area contributed by atoms with E-state index in [1.165, 1.54) is 0 Å². The van der Waals surface area contributed by atoms with E-state index >= 15 is 0 Å². The van der Waals surface area contributed by atoms with Gasteiger partial charge in [-0.3, -0.25) is 4.79 Å². The van der Waals surface area contributed by atoms with Crippen molar-refractivity contribution in [3.63, 3.8) is 0 Å². The topological polar surface area (TPSA) is 41.1 Å². The number of halogens is 3. The molecule has 0 aromatic rings. The maximum atomic E-state index is 11.9. The number of amides is 1. The lowest BCUT2D eigenvalue weighted by Crippen LogP contribution is -2.45. The smallest absolute Gasteiger partial charge is 0.346 e. The highest BCUT2D eigenvalue weighted by atomic mass is 19.4. The molecule has 15 heavy (non-hydrogen) atoms. The van der Waals surface area contributed by atoms with Crippen LogP contribution in [0.5, 0.6) is 0 Å². The summed E-state index contributed by atoms with van der Waals surface area (Å²) in [5.74, 6) is -0.493. The van der Waals surface area contributed by atoms with E-state index in [-0.39, 0.29) is 0 Å². The normalized spacial score (nSPS) is 26.7. The molecule has 0 aromatic carbocycles. The molecular formula is C9H15F3N2O. The van der Waals surface area contributed by atoms with Crippen molar-refractivity contribution in [2.24, 2.45) is 5.41 Å². The Labute approximate surface area is 86.4 Å². The Balaban J connectivity index is 2.51. The van der Waals surface area contributed by atoms with Gasteiger partial charge in [-0.25, -0.2) is 0 Å². The molecule has 1 saturated heterocycles. The summed E-state index contributed by atoms with van der Waals surface area (Å²) in [4.78, 5) is 11.6. The lowest BCUT2D eigenvalue weighted by Gasteiger charge is -2.25. The number of alkyl halides is 3. The summed E-state index contributed by atoms with van der Waals surface area (Å²) in [5, 5.41) is 4.95.